The lowest BCUT2D eigenvalue weighted by atomic mass is 10.1. The van der Waals surface area contributed by atoms with Crippen molar-refractivity contribution >= 4 is 32.9 Å². The van der Waals surface area contributed by atoms with Gasteiger partial charge in [-0.2, -0.15) is 9.78 Å². The fourth-order valence-electron chi connectivity index (χ4n) is 2.36. The normalized spacial score (nSPS) is 11.7. The molecular formula is C18H16BrFN2O2. The lowest BCUT2D eigenvalue weighted by molar-refractivity contribution is 0.0523. The van der Waals surface area contributed by atoms with Crippen LogP contribution in [0.3, 0.4) is 0 Å². The van der Waals surface area contributed by atoms with E-state index in [0.29, 0.717) is 11.2 Å². The van der Waals surface area contributed by atoms with Crippen LogP contribution < -0.4 is 0 Å². The maximum Gasteiger partial charge on any atom is 0.435 e. The van der Waals surface area contributed by atoms with Crippen molar-refractivity contribution in [1.29, 1.82) is 0 Å². The summed E-state index contributed by atoms with van der Waals surface area (Å²) in [5.41, 5.74) is 1.33. The van der Waals surface area contributed by atoms with Crippen molar-refractivity contribution in [2.75, 3.05) is 0 Å². The predicted molar refractivity (Wildman–Crippen MR) is 94.5 cm³/mol. The minimum atomic E-state index is -0.624. The van der Waals surface area contributed by atoms with Crippen molar-refractivity contribution in [2.45, 2.75) is 26.4 Å². The van der Waals surface area contributed by atoms with Crippen LogP contribution in [0, 0.1) is 5.82 Å². The second-order valence-electron chi connectivity index (χ2n) is 6.41. The number of hydrogen-bond donors (Lipinski definition) is 0. The molecular weight excluding hydrogens is 375 g/mol. The Bertz CT molecular complexity index is 911. The van der Waals surface area contributed by atoms with Crippen LogP contribution in [0.2, 0.25) is 0 Å². The topological polar surface area (TPSA) is 44.1 Å². The molecule has 0 unspecified atom stereocenters. The Morgan fingerprint density at radius 2 is 1.83 bits per heavy atom. The Kier molecular flexibility index (Phi) is 4.17. The van der Waals surface area contributed by atoms with Gasteiger partial charge >= 0.3 is 6.09 Å². The molecule has 0 bridgehead atoms. The fraction of sp³-hybridized carbons (Fsp3) is 0.222. The molecule has 0 spiro atoms. The van der Waals surface area contributed by atoms with E-state index in [1.165, 1.54) is 16.8 Å². The van der Waals surface area contributed by atoms with E-state index >= 15 is 0 Å². The first kappa shape index (κ1) is 16.6. The number of fused-ring (bicyclic) bond motifs is 1. The minimum Gasteiger partial charge on any atom is -0.442 e. The first-order valence-electron chi connectivity index (χ1n) is 7.42. The smallest absolute Gasteiger partial charge is 0.435 e. The molecule has 0 saturated heterocycles. The van der Waals surface area contributed by atoms with Crippen molar-refractivity contribution in [1.82, 2.24) is 9.78 Å². The van der Waals surface area contributed by atoms with Gasteiger partial charge in [-0.15, -0.1) is 0 Å². The van der Waals surface area contributed by atoms with Gasteiger partial charge in [-0.05, 0) is 63.2 Å². The Hall–Kier alpha value is -2.21. The second kappa shape index (κ2) is 6.02. The van der Waals surface area contributed by atoms with E-state index in [-0.39, 0.29) is 5.82 Å². The summed E-state index contributed by atoms with van der Waals surface area (Å²) in [6, 6.07) is 11.5. The van der Waals surface area contributed by atoms with Gasteiger partial charge in [0.05, 0.1) is 5.52 Å². The standard InChI is InChI=1S/C18H16BrFN2O2/c1-18(2,3)24-17(23)22-15-9-6-12(19)10-14(15)16(21-22)11-4-7-13(20)8-5-11/h4-10H,1-3H3. The molecule has 0 aliphatic rings. The van der Waals surface area contributed by atoms with Crippen molar-refractivity contribution in [2.24, 2.45) is 0 Å². The van der Waals surface area contributed by atoms with Crippen molar-refractivity contribution in [3.05, 3.63) is 52.8 Å². The van der Waals surface area contributed by atoms with Gasteiger partial charge < -0.3 is 4.74 Å². The highest BCUT2D eigenvalue weighted by Gasteiger charge is 2.22. The molecule has 3 aromatic rings. The monoisotopic (exact) mass is 390 g/mol. The highest BCUT2D eigenvalue weighted by molar-refractivity contribution is 9.10. The molecule has 0 aliphatic heterocycles. The lowest BCUT2D eigenvalue weighted by Gasteiger charge is -2.19. The van der Waals surface area contributed by atoms with E-state index in [2.05, 4.69) is 21.0 Å². The molecule has 4 nitrogen and oxygen atoms in total. The summed E-state index contributed by atoms with van der Waals surface area (Å²) in [7, 11) is 0. The first-order valence-corrected chi connectivity index (χ1v) is 8.21. The maximum atomic E-state index is 13.2. The average molecular weight is 391 g/mol. The van der Waals surface area contributed by atoms with E-state index in [0.717, 1.165) is 15.4 Å². The third-order valence-corrected chi connectivity index (χ3v) is 3.82. The number of benzene rings is 2. The van der Waals surface area contributed by atoms with Gasteiger partial charge in [0.1, 0.15) is 17.1 Å². The average Bonchev–Trinajstić information content (AvgIpc) is 2.85. The molecule has 0 fully saturated rings. The molecule has 0 aliphatic carbocycles. The van der Waals surface area contributed by atoms with Gasteiger partial charge in [0.25, 0.3) is 0 Å². The van der Waals surface area contributed by atoms with E-state index in [9.17, 15) is 9.18 Å². The first-order chi connectivity index (χ1) is 11.2. The Morgan fingerprint density at radius 3 is 2.46 bits per heavy atom. The Balaban J connectivity index is 2.18. The third kappa shape index (κ3) is 3.33. The molecule has 124 valence electrons. The number of hydrogen-bond acceptors (Lipinski definition) is 3. The quantitative estimate of drug-likeness (QED) is 0.559. The van der Waals surface area contributed by atoms with Gasteiger partial charge in [-0.3, -0.25) is 0 Å². The van der Waals surface area contributed by atoms with Crippen molar-refractivity contribution < 1.29 is 13.9 Å². The van der Waals surface area contributed by atoms with Crippen LogP contribution in [-0.2, 0) is 4.74 Å². The summed E-state index contributed by atoms with van der Waals surface area (Å²) >= 11 is 3.43. The number of carbonyl (C=O) groups is 1. The van der Waals surface area contributed by atoms with Gasteiger partial charge in [0.2, 0.25) is 0 Å². The van der Waals surface area contributed by atoms with Gasteiger partial charge in [-0.1, -0.05) is 15.9 Å². The van der Waals surface area contributed by atoms with E-state index in [1.54, 1.807) is 39.0 Å². The van der Waals surface area contributed by atoms with E-state index in [1.807, 2.05) is 12.1 Å². The molecule has 0 radical (unpaired) electrons. The van der Waals surface area contributed by atoms with Crippen molar-refractivity contribution in [3.63, 3.8) is 0 Å². The molecule has 24 heavy (non-hydrogen) atoms. The number of ether oxygens (including phenoxy) is 1. The highest BCUT2D eigenvalue weighted by atomic mass is 79.9. The molecule has 6 heteroatoms. The highest BCUT2D eigenvalue weighted by Crippen LogP contribution is 2.30. The Labute approximate surface area is 147 Å². The number of aromatic nitrogens is 2. The molecule has 0 saturated carbocycles. The van der Waals surface area contributed by atoms with Crippen LogP contribution in [0.4, 0.5) is 9.18 Å². The van der Waals surface area contributed by atoms with Gasteiger partial charge in [-0.25, -0.2) is 9.18 Å². The number of nitrogens with zero attached hydrogens (tertiary/aromatic N) is 2. The molecule has 2 aromatic carbocycles. The number of rotatable bonds is 1. The number of halogens is 2. The second-order valence-corrected chi connectivity index (χ2v) is 7.32. The van der Waals surface area contributed by atoms with Gasteiger partial charge in [0, 0.05) is 15.4 Å². The van der Waals surface area contributed by atoms with Crippen LogP contribution in [0.5, 0.6) is 0 Å². The zero-order valence-electron chi connectivity index (χ0n) is 13.5. The maximum absolute atomic E-state index is 13.2. The molecule has 1 aromatic heterocycles. The molecule has 1 heterocycles. The summed E-state index contributed by atoms with van der Waals surface area (Å²) in [6.07, 6.45) is -0.553. The van der Waals surface area contributed by atoms with Gasteiger partial charge in [0.15, 0.2) is 0 Å². The summed E-state index contributed by atoms with van der Waals surface area (Å²) in [6.45, 7) is 5.40. The fourth-order valence-corrected chi connectivity index (χ4v) is 2.72. The Morgan fingerprint density at radius 1 is 1.17 bits per heavy atom. The summed E-state index contributed by atoms with van der Waals surface area (Å²) in [4.78, 5) is 12.5. The summed E-state index contributed by atoms with van der Waals surface area (Å²) in [5, 5.41) is 5.19. The van der Waals surface area contributed by atoms with Crippen molar-refractivity contribution in [3.8, 4) is 11.3 Å². The summed E-state index contributed by atoms with van der Waals surface area (Å²) < 4.78 is 20.7. The SMILES string of the molecule is CC(C)(C)OC(=O)n1nc(-c2ccc(F)cc2)c2cc(Br)ccc21. The zero-order chi connectivity index (χ0) is 17.5. The number of carbonyl (C=O) groups excluding carboxylic acids is 1. The van der Waals surface area contributed by atoms with Crippen LogP contribution in [0.1, 0.15) is 20.8 Å². The third-order valence-electron chi connectivity index (χ3n) is 3.33. The van der Waals surface area contributed by atoms with Crippen LogP contribution >= 0.6 is 15.9 Å². The van der Waals surface area contributed by atoms with E-state index in [4.69, 9.17) is 4.74 Å². The minimum absolute atomic E-state index is 0.323. The predicted octanol–water partition coefficient (Wildman–Crippen LogP) is 5.39. The van der Waals surface area contributed by atoms with Crippen LogP contribution in [0.15, 0.2) is 46.9 Å². The summed E-state index contributed by atoms with van der Waals surface area (Å²) in [5.74, 6) is -0.323. The zero-order valence-corrected chi connectivity index (χ0v) is 15.1. The van der Waals surface area contributed by atoms with Crippen LogP contribution in [-0.4, -0.2) is 21.5 Å². The van der Waals surface area contributed by atoms with Crippen LogP contribution in [0.25, 0.3) is 22.2 Å². The largest absolute Gasteiger partial charge is 0.442 e. The molecule has 0 amide bonds. The molecule has 0 atom stereocenters. The lowest BCUT2D eigenvalue weighted by Crippen LogP contribution is -2.27. The molecule has 0 N–H and O–H groups in total. The molecule has 3 rings (SSSR count). The van der Waals surface area contributed by atoms with E-state index < -0.39 is 11.7 Å².